The molecule has 0 bridgehead atoms. The first kappa shape index (κ1) is 28.6. The summed E-state index contributed by atoms with van der Waals surface area (Å²) in [5.41, 5.74) is 7.19. The van der Waals surface area contributed by atoms with E-state index in [9.17, 15) is 9.59 Å². The number of pyridine rings is 1. The summed E-state index contributed by atoms with van der Waals surface area (Å²) < 4.78 is 10.2. The molecule has 0 aliphatic carbocycles. The van der Waals surface area contributed by atoms with Gasteiger partial charge in [-0.05, 0) is 44.9 Å². The molecule has 0 amide bonds. The van der Waals surface area contributed by atoms with E-state index >= 15 is 0 Å². The number of aryl methyl sites for hydroxylation is 1. The second-order valence-corrected chi connectivity index (χ2v) is 11.1. The second kappa shape index (κ2) is 12.4. The Morgan fingerprint density at radius 2 is 1.81 bits per heavy atom. The van der Waals surface area contributed by atoms with Crippen LogP contribution in [0.5, 0.6) is 0 Å². The SMILES string of the molecule is CC#CCn1c(N2CCC[C@@H](N)C2)nc2c1c(=O)n(CCCN1CCN(c3nc(-c4ccncc4)no3)CC1)c(=O)n2C. The van der Waals surface area contributed by atoms with Crippen LogP contribution in [-0.2, 0) is 20.1 Å². The van der Waals surface area contributed by atoms with Gasteiger partial charge in [-0.15, -0.1) is 5.92 Å². The Morgan fingerprint density at radius 3 is 2.56 bits per heavy atom. The Labute approximate surface area is 248 Å². The van der Waals surface area contributed by atoms with Crippen LogP contribution in [-0.4, -0.2) is 90.6 Å². The molecule has 6 rings (SSSR count). The standard InChI is InChI=1S/C29H37N11O3/c1-3-4-14-39-23-25(33-27(39)38-13-5-7-22(30)20-38)35(2)29(42)40(26(23)41)15-6-12-36-16-18-37(19-17-36)28-32-24(34-43-28)21-8-10-31-11-9-21/h8-11,22H,5-7,12-20,30H2,1-2H3/t22-/m1/s1. The first-order chi connectivity index (χ1) is 20.9. The predicted octanol–water partition coefficient (Wildman–Crippen LogP) is 0.505. The summed E-state index contributed by atoms with van der Waals surface area (Å²) in [5, 5.41) is 4.11. The number of nitrogens with two attached hydrogens (primary N) is 1. The Kier molecular flexibility index (Phi) is 8.26. The molecule has 14 heteroatoms. The van der Waals surface area contributed by atoms with Gasteiger partial charge >= 0.3 is 11.7 Å². The smallest absolute Gasteiger partial charge is 0.332 e. The van der Waals surface area contributed by atoms with Crippen molar-refractivity contribution in [2.45, 2.75) is 45.3 Å². The van der Waals surface area contributed by atoms with Gasteiger partial charge in [0.1, 0.15) is 0 Å². The van der Waals surface area contributed by atoms with Crippen LogP contribution in [0.25, 0.3) is 22.6 Å². The van der Waals surface area contributed by atoms with Crippen molar-refractivity contribution >= 4 is 23.1 Å². The van der Waals surface area contributed by atoms with Crippen LogP contribution in [0.15, 0.2) is 38.6 Å². The maximum atomic E-state index is 13.8. The van der Waals surface area contributed by atoms with Crippen molar-refractivity contribution in [1.82, 2.24) is 38.7 Å². The van der Waals surface area contributed by atoms with Crippen LogP contribution in [0.2, 0.25) is 0 Å². The van der Waals surface area contributed by atoms with Crippen molar-refractivity contribution in [1.29, 1.82) is 0 Å². The molecule has 2 aliphatic heterocycles. The number of piperidine rings is 1. The van der Waals surface area contributed by atoms with Gasteiger partial charge in [0.25, 0.3) is 5.56 Å². The van der Waals surface area contributed by atoms with Crippen LogP contribution < -0.4 is 26.8 Å². The van der Waals surface area contributed by atoms with Gasteiger partial charge in [-0.2, -0.15) is 9.97 Å². The number of hydrogen-bond acceptors (Lipinski definition) is 11. The fourth-order valence-electron chi connectivity index (χ4n) is 5.88. The van der Waals surface area contributed by atoms with Gasteiger partial charge in [0.2, 0.25) is 11.8 Å². The van der Waals surface area contributed by atoms with Gasteiger partial charge < -0.3 is 20.1 Å². The van der Waals surface area contributed by atoms with Crippen LogP contribution in [0, 0.1) is 11.8 Å². The molecule has 2 aliphatic rings. The number of hydrogen-bond donors (Lipinski definition) is 1. The van der Waals surface area contributed by atoms with Gasteiger partial charge in [0, 0.05) is 76.9 Å². The van der Waals surface area contributed by atoms with E-state index in [-0.39, 0.29) is 17.3 Å². The molecule has 4 aromatic heterocycles. The molecule has 6 heterocycles. The van der Waals surface area contributed by atoms with E-state index in [1.54, 1.807) is 26.4 Å². The maximum Gasteiger partial charge on any atom is 0.332 e. The lowest BCUT2D eigenvalue weighted by Crippen LogP contribution is -2.47. The molecule has 0 aromatic carbocycles. The zero-order valence-corrected chi connectivity index (χ0v) is 24.6. The molecule has 14 nitrogen and oxygen atoms in total. The molecule has 0 spiro atoms. The molecular weight excluding hydrogens is 550 g/mol. The third-order valence-corrected chi connectivity index (χ3v) is 8.22. The summed E-state index contributed by atoms with van der Waals surface area (Å²) in [7, 11) is 1.67. The highest BCUT2D eigenvalue weighted by atomic mass is 16.5. The maximum absolute atomic E-state index is 13.8. The highest BCUT2D eigenvalue weighted by Gasteiger charge is 2.26. The van der Waals surface area contributed by atoms with Crippen molar-refractivity contribution in [2.24, 2.45) is 12.8 Å². The van der Waals surface area contributed by atoms with Gasteiger partial charge in [0.15, 0.2) is 11.2 Å². The van der Waals surface area contributed by atoms with E-state index in [0.29, 0.717) is 55.0 Å². The number of aromatic nitrogens is 7. The lowest BCUT2D eigenvalue weighted by Gasteiger charge is -2.33. The summed E-state index contributed by atoms with van der Waals surface area (Å²) in [6.45, 7) is 7.70. The molecule has 2 N–H and O–H groups in total. The van der Waals surface area contributed by atoms with E-state index in [2.05, 4.69) is 41.7 Å². The lowest BCUT2D eigenvalue weighted by molar-refractivity contribution is 0.242. The molecule has 2 fully saturated rings. The van der Waals surface area contributed by atoms with E-state index < -0.39 is 0 Å². The molecule has 226 valence electrons. The highest BCUT2D eigenvalue weighted by molar-refractivity contribution is 5.75. The molecule has 43 heavy (non-hydrogen) atoms. The van der Waals surface area contributed by atoms with Crippen molar-refractivity contribution in [2.75, 3.05) is 55.6 Å². The number of nitrogens with zero attached hydrogens (tertiary/aromatic N) is 10. The number of imidazole rings is 1. The first-order valence-corrected chi connectivity index (χ1v) is 14.8. The predicted molar refractivity (Wildman–Crippen MR) is 163 cm³/mol. The van der Waals surface area contributed by atoms with Crippen molar-refractivity contribution in [3.8, 4) is 23.2 Å². The first-order valence-electron chi connectivity index (χ1n) is 14.8. The van der Waals surface area contributed by atoms with Crippen molar-refractivity contribution < 1.29 is 4.52 Å². The molecule has 0 unspecified atom stereocenters. The third kappa shape index (κ3) is 5.78. The number of fused-ring (bicyclic) bond motifs is 1. The molecule has 4 aromatic rings. The van der Waals surface area contributed by atoms with Crippen molar-refractivity contribution in [3.63, 3.8) is 0 Å². The summed E-state index contributed by atoms with van der Waals surface area (Å²) in [6.07, 6.45) is 5.96. The van der Waals surface area contributed by atoms with Crippen LogP contribution >= 0.6 is 0 Å². The fourth-order valence-corrected chi connectivity index (χ4v) is 5.88. The summed E-state index contributed by atoms with van der Waals surface area (Å²) in [5.74, 6) is 7.18. The fraction of sp³-hybridized carbons (Fsp3) is 0.517. The quantitative estimate of drug-likeness (QED) is 0.287. The summed E-state index contributed by atoms with van der Waals surface area (Å²) in [6, 6.07) is 4.24. The Bertz CT molecular complexity index is 1750. The van der Waals surface area contributed by atoms with Gasteiger partial charge in [-0.3, -0.25) is 28.4 Å². The third-order valence-electron chi connectivity index (χ3n) is 8.22. The number of anilines is 2. The van der Waals surface area contributed by atoms with E-state index in [0.717, 1.165) is 57.7 Å². The molecule has 2 saturated heterocycles. The van der Waals surface area contributed by atoms with Crippen LogP contribution in [0.3, 0.4) is 0 Å². The molecule has 0 saturated carbocycles. The van der Waals surface area contributed by atoms with E-state index in [4.69, 9.17) is 15.2 Å². The van der Waals surface area contributed by atoms with E-state index in [1.165, 1.54) is 9.13 Å². The average Bonchev–Trinajstić information content (AvgIpc) is 3.68. The number of piperazine rings is 1. The normalized spacial score (nSPS) is 17.8. The van der Waals surface area contributed by atoms with E-state index in [1.807, 2.05) is 16.7 Å². The van der Waals surface area contributed by atoms with Gasteiger partial charge in [-0.1, -0.05) is 11.1 Å². The van der Waals surface area contributed by atoms with Gasteiger partial charge in [0.05, 0.1) is 6.54 Å². The minimum atomic E-state index is -0.364. The zero-order chi connectivity index (χ0) is 29.9. The zero-order valence-electron chi connectivity index (χ0n) is 24.6. The summed E-state index contributed by atoms with van der Waals surface area (Å²) >= 11 is 0. The average molecular weight is 588 g/mol. The monoisotopic (exact) mass is 587 g/mol. The Hall–Kier alpha value is -4.48. The Morgan fingerprint density at radius 1 is 1.02 bits per heavy atom. The van der Waals surface area contributed by atoms with Crippen molar-refractivity contribution in [3.05, 3.63) is 45.4 Å². The second-order valence-electron chi connectivity index (χ2n) is 11.1. The van der Waals surface area contributed by atoms with Crippen LogP contribution in [0.4, 0.5) is 12.0 Å². The number of rotatable bonds is 8. The summed E-state index contributed by atoms with van der Waals surface area (Å²) in [4.78, 5) is 47.0. The highest BCUT2D eigenvalue weighted by Crippen LogP contribution is 2.23. The molecule has 1 atom stereocenters. The minimum absolute atomic E-state index is 0.0400. The Balaban J connectivity index is 1.14. The topological polar surface area (TPSA) is 149 Å². The minimum Gasteiger partial charge on any atom is -0.341 e. The largest absolute Gasteiger partial charge is 0.341 e. The molecule has 0 radical (unpaired) electrons. The van der Waals surface area contributed by atoms with Gasteiger partial charge in [-0.25, -0.2) is 4.79 Å². The molecular formula is C29H37N11O3. The van der Waals surface area contributed by atoms with Crippen LogP contribution in [0.1, 0.15) is 26.2 Å². The lowest BCUT2D eigenvalue weighted by atomic mass is 10.1.